The van der Waals surface area contributed by atoms with E-state index in [1.54, 1.807) is 12.4 Å². The molecule has 5 aromatic carbocycles. The molecule has 2 nitrogen and oxygen atoms in total. The first-order valence-corrected chi connectivity index (χ1v) is 23.5. The maximum atomic E-state index is 7.25. The maximum Gasteiger partial charge on any atom is 1.00 e. The Morgan fingerprint density at radius 2 is 0.759 bits per heavy atom. The molecule has 4 heterocycles. The summed E-state index contributed by atoms with van der Waals surface area (Å²) >= 11 is 0. The largest absolute Gasteiger partial charge is 1.00 e. The molecule has 6 heteroatoms. The van der Waals surface area contributed by atoms with Gasteiger partial charge in [-0.25, -0.2) is 0 Å². The number of pyridine rings is 2. The fraction of sp³-hybridized carbons (Fsp3) is 0.0833. The van der Waals surface area contributed by atoms with Crippen LogP contribution in [-0.4, -0.2) is 26.1 Å². The summed E-state index contributed by atoms with van der Waals surface area (Å²) in [5.74, 6) is 4.96. The fourth-order valence-electron chi connectivity index (χ4n) is 7.63. The summed E-state index contributed by atoms with van der Waals surface area (Å²) in [5.41, 5.74) is 11.7. The van der Waals surface area contributed by atoms with Gasteiger partial charge in [-0.2, -0.15) is 0 Å². The quantitative estimate of drug-likeness (QED) is 0.0986. The summed E-state index contributed by atoms with van der Waals surface area (Å²) in [6.45, 7) is 9.58. The van der Waals surface area contributed by atoms with Crippen LogP contribution in [0.5, 0.6) is 0 Å². The average molecular weight is 1090 g/mol. The summed E-state index contributed by atoms with van der Waals surface area (Å²) in [7, 11) is -3.01. The van der Waals surface area contributed by atoms with Crippen molar-refractivity contribution in [3.8, 4) is 56.3 Å². The normalized spacial score (nSPS) is 12.8. The molecule has 0 unspecified atom stereocenters. The molecule has 270 valence electrons. The van der Waals surface area contributed by atoms with Gasteiger partial charge in [0.1, 0.15) is 16.1 Å². The van der Waals surface area contributed by atoms with Crippen LogP contribution in [0.2, 0.25) is 26.2 Å². The fourth-order valence-corrected chi connectivity index (χ4v) is 13.8. The molecule has 0 fully saturated rings. The summed E-state index contributed by atoms with van der Waals surface area (Å²) in [4.78, 5) is 8.36. The Labute approximate surface area is 353 Å². The molecular weight excluding hydrogens is 1050 g/mol. The Morgan fingerprint density at radius 1 is 0.407 bits per heavy atom. The molecule has 0 saturated heterocycles. The van der Waals surface area contributed by atoms with Gasteiger partial charge in [-0.15, -0.1) is 35.4 Å². The second-order valence-electron chi connectivity index (χ2n) is 14.1. The average Bonchev–Trinajstić information content (AvgIpc) is 3.58. The Hall–Kier alpha value is -4.57. The molecule has 2 aromatic heterocycles. The van der Waals surface area contributed by atoms with E-state index in [-0.39, 0.29) is 44.8 Å². The molecule has 0 N–H and O–H groups in total. The summed E-state index contributed by atoms with van der Waals surface area (Å²) in [5, 5.41) is 5.99. The monoisotopic (exact) mass is 1090 g/mol. The van der Waals surface area contributed by atoms with Crippen LogP contribution in [0, 0.1) is 24.7 Å². The number of rotatable bonds is 2. The van der Waals surface area contributed by atoms with Gasteiger partial charge in [0.25, 0.3) is 0 Å². The first kappa shape index (κ1) is 40.6. The van der Waals surface area contributed by atoms with Gasteiger partial charge in [0.05, 0.1) is 0 Å². The smallest absolute Gasteiger partial charge is 0.366 e. The van der Waals surface area contributed by atoms with Gasteiger partial charge in [-0.1, -0.05) is 123 Å². The second kappa shape index (κ2) is 17.3. The third kappa shape index (κ3) is 7.81. The van der Waals surface area contributed by atoms with Crippen molar-refractivity contribution < 1.29 is 44.8 Å². The van der Waals surface area contributed by atoms with E-state index >= 15 is 0 Å². The molecule has 0 spiro atoms. The van der Waals surface area contributed by atoms with Crippen molar-refractivity contribution in [3.63, 3.8) is 0 Å². The number of nitrogens with zero attached hydrogens (tertiary/aromatic N) is 2. The van der Waals surface area contributed by atoms with Crippen LogP contribution in [-0.2, 0) is 44.8 Å². The summed E-state index contributed by atoms with van der Waals surface area (Å²) < 4.78 is 0. The van der Waals surface area contributed by atoms with Crippen molar-refractivity contribution >= 4 is 36.9 Å². The van der Waals surface area contributed by atoms with Gasteiger partial charge >= 0.3 is 44.8 Å². The van der Waals surface area contributed by atoms with Crippen molar-refractivity contribution in [1.29, 1.82) is 0 Å². The zero-order chi connectivity index (χ0) is 36.3. The van der Waals surface area contributed by atoms with Crippen LogP contribution in [0.1, 0.15) is 11.1 Å². The molecule has 0 aliphatic carbocycles. The van der Waals surface area contributed by atoms with E-state index in [4.69, 9.17) is 12.8 Å². The first-order valence-electron chi connectivity index (χ1n) is 17.5. The SMILES string of the molecule is [Au+].[Au+].[C-]#Cc1ccc2c(c1)-c1ccccc1[Si]2(C)C.[C-]#Cc1ccc2c(c1)-c1ccccc1[Si]2(C)C.c1cncc(-c2ccccc2-c2cccnc2)c1. The molecule has 0 bridgehead atoms. The molecule has 0 radical (unpaired) electrons. The number of benzene rings is 5. The predicted molar refractivity (Wildman–Crippen MR) is 223 cm³/mol. The molecule has 2 aliphatic heterocycles. The van der Waals surface area contributed by atoms with Crippen molar-refractivity contribution in [2.75, 3.05) is 0 Å². The Kier molecular flexibility index (Phi) is 13.0. The molecule has 7 aromatic rings. The summed E-state index contributed by atoms with van der Waals surface area (Å²) in [6, 6.07) is 46.3. The molecule has 0 atom stereocenters. The number of fused-ring (bicyclic) bond motifs is 6. The maximum absolute atomic E-state index is 7.25. The van der Waals surface area contributed by atoms with E-state index in [1.807, 2.05) is 48.8 Å². The number of hydrogen-bond donors (Lipinski definition) is 0. The van der Waals surface area contributed by atoms with Gasteiger partial charge in [0, 0.05) is 35.9 Å². The third-order valence-corrected chi connectivity index (χ3v) is 17.5. The van der Waals surface area contributed by atoms with Gasteiger partial charge in [-0.05, 0) is 66.3 Å². The van der Waals surface area contributed by atoms with Crippen LogP contribution in [0.15, 0.2) is 158 Å². The van der Waals surface area contributed by atoms with Crippen molar-refractivity contribution in [1.82, 2.24) is 9.97 Å². The minimum absolute atomic E-state index is 0. The van der Waals surface area contributed by atoms with Crippen LogP contribution >= 0.6 is 0 Å². The minimum atomic E-state index is -1.51. The van der Waals surface area contributed by atoms with Crippen molar-refractivity contribution in [2.24, 2.45) is 0 Å². The zero-order valence-electron chi connectivity index (χ0n) is 30.5. The van der Waals surface area contributed by atoms with Gasteiger partial charge in [0.2, 0.25) is 0 Å². The van der Waals surface area contributed by atoms with Crippen LogP contribution in [0.25, 0.3) is 44.5 Å². The first-order chi connectivity index (χ1) is 25.2. The molecule has 54 heavy (non-hydrogen) atoms. The van der Waals surface area contributed by atoms with E-state index in [0.717, 1.165) is 22.3 Å². The number of aromatic nitrogens is 2. The van der Waals surface area contributed by atoms with Gasteiger partial charge in [-0.3, -0.25) is 21.8 Å². The molecule has 0 saturated carbocycles. The molecule has 0 amide bonds. The summed E-state index contributed by atoms with van der Waals surface area (Å²) in [6.07, 6.45) is 21.8. The number of hydrogen-bond acceptors (Lipinski definition) is 2. The molecule has 9 rings (SSSR count). The van der Waals surface area contributed by atoms with Crippen LogP contribution in [0.3, 0.4) is 0 Å². The van der Waals surface area contributed by atoms with E-state index < -0.39 is 16.1 Å². The second-order valence-corrected chi connectivity index (χ2v) is 22.8. The molecular formula is C48H38Au2N2Si2. The Morgan fingerprint density at radius 3 is 1.11 bits per heavy atom. The standard InChI is InChI=1S/C16H12N2.2C16H13Si.2Au/c1-2-8-16(14-6-4-10-18-12-14)15(7-1)13-5-3-9-17-11-13;2*1-4-12-9-10-16-14(11-12)13-7-5-6-8-15(13)17(16,2)3;;/h1-12H;2*5-11H,2-3H3;;/q;2*-1;2*+1. The van der Waals surface area contributed by atoms with Gasteiger partial charge in [0.15, 0.2) is 0 Å². The molecule has 2 aliphatic rings. The van der Waals surface area contributed by atoms with Crippen LogP contribution in [0.4, 0.5) is 0 Å². The van der Waals surface area contributed by atoms with Crippen molar-refractivity contribution in [3.05, 3.63) is 182 Å². The van der Waals surface area contributed by atoms with E-state index in [2.05, 4.69) is 145 Å². The van der Waals surface area contributed by atoms with E-state index in [1.165, 1.54) is 54.1 Å². The topological polar surface area (TPSA) is 25.8 Å². The van der Waals surface area contributed by atoms with Crippen LogP contribution < -0.4 is 20.7 Å². The predicted octanol–water partition coefficient (Wildman–Crippen LogP) is 8.66. The third-order valence-electron chi connectivity index (χ3n) is 10.3. The van der Waals surface area contributed by atoms with E-state index in [0.29, 0.717) is 0 Å². The minimum Gasteiger partial charge on any atom is -0.366 e. The van der Waals surface area contributed by atoms with Crippen molar-refractivity contribution in [2.45, 2.75) is 26.2 Å². The Balaban J connectivity index is 0.000000153. The van der Waals surface area contributed by atoms with Gasteiger partial charge < -0.3 is 12.8 Å². The Bertz CT molecular complexity index is 2320. The zero-order valence-corrected chi connectivity index (χ0v) is 36.8. The van der Waals surface area contributed by atoms with E-state index in [9.17, 15) is 0 Å².